The molecule has 0 unspecified atom stereocenters. The molecule has 1 aromatic carbocycles. The first-order chi connectivity index (χ1) is 14.2. The lowest BCUT2D eigenvalue weighted by Crippen LogP contribution is -2.30. The molecule has 1 aliphatic rings. The molecule has 0 radical (unpaired) electrons. The van der Waals surface area contributed by atoms with Gasteiger partial charge >= 0.3 is 0 Å². The van der Waals surface area contributed by atoms with E-state index in [0.29, 0.717) is 15.9 Å². The number of fused-ring (bicyclic) bond motifs is 3. The van der Waals surface area contributed by atoms with Gasteiger partial charge in [-0.2, -0.15) is 0 Å². The van der Waals surface area contributed by atoms with Crippen LogP contribution in [0.4, 0.5) is 5.69 Å². The van der Waals surface area contributed by atoms with Gasteiger partial charge < -0.3 is 11.2 Å². The number of carbonyl (C=O) groups excluding carboxylic acids is 1. The van der Waals surface area contributed by atoms with E-state index in [-0.39, 0.29) is 27.3 Å². The number of sulfonamides is 1. The summed E-state index contributed by atoms with van der Waals surface area (Å²) in [6, 6.07) is 5.51. The van der Waals surface area contributed by atoms with Gasteiger partial charge in [0.2, 0.25) is 15.9 Å². The maximum Gasteiger partial charge on any atom is 0.281 e. The molecule has 9 nitrogen and oxygen atoms in total. The Bertz CT molecular complexity index is 1300. The van der Waals surface area contributed by atoms with Crippen LogP contribution in [0.15, 0.2) is 39.1 Å². The maximum absolute atomic E-state index is 12.8. The quantitative estimate of drug-likeness (QED) is 0.293. The maximum atomic E-state index is 12.8. The molecule has 158 valence electrons. The fourth-order valence-electron chi connectivity index (χ4n) is 3.36. The normalized spacial score (nSPS) is 13.9. The molecular weight excluding hydrogens is 446 g/mol. The van der Waals surface area contributed by atoms with E-state index < -0.39 is 10.0 Å². The highest BCUT2D eigenvalue weighted by Gasteiger charge is 2.22. The van der Waals surface area contributed by atoms with Crippen molar-refractivity contribution >= 4 is 54.9 Å². The van der Waals surface area contributed by atoms with Crippen LogP contribution in [0.2, 0.25) is 0 Å². The highest BCUT2D eigenvalue weighted by Crippen LogP contribution is 2.34. The van der Waals surface area contributed by atoms with E-state index in [1.54, 1.807) is 0 Å². The third-order valence-corrected chi connectivity index (χ3v) is 7.86. The Kier molecular flexibility index (Phi) is 5.57. The average molecular weight is 466 g/mol. The molecule has 0 spiro atoms. The number of amides is 1. The highest BCUT2D eigenvalue weighted by atomic mass is 32.2. The van der Waals surface area contributed by atoms with Gasteiger partial charge in [-0.3, -0.25) is 9.59 Å². The number of carbonyl (C=O) groups is 1. The van der Waals surface area contributed by atoms with Crippen molar-refractivity contribution in [1.29, 1.82) is 0 Å². The summed E-state index contributed by atoms with van der Waals surface area (Å²) < 4.78 is 23.6. The summed E-state index contributed by atoms with van der Waals surface area (Å²) in [5.41, 5.74) is 1.20. The molecule has 0 bridgehead atoms. The number of thioether (sulfide) groups is 1. The minimum absolute atomic E-state index is 0.0167. The van der Waals surface area contributed by atoms with Crippen molar-refractivity contribution in [3.63, 3.8) is 0 Å². The van der Waals surface area contributed by atoms with Crippen molar-refractivity contribution in [2.75, 3.05) is 16.9 Å². The summed E-state index contributed by atoms with van der Waals surface area (Å²) in [7, 11) is -3.79. The topological polar surface area (TPSA) is 150 Å². The minimum Gasteiger partial charge on any atom is -0.334 e. The number of nitrogens with zero attached hydrogens (tertiary/aromatic N) is 2. The SMILES string of the molecule is Nn1c(SCC(=O)Nc2ccc(S(N)(=O)=O)cc2)nc2sc3c(c2c1=O)CCCC3. The van der Waals surface area contributed by atoms with E-state index in [1.807, 2.05) is 0 Å². The van der Waals surface area contributed by atoms with Crippen molar-refractivity contribution in [3.05, 3.63) is 45.1 Å². The molecule has 0 saturated heterocycles. The van der Waals surface area contributed by atoms with Crippen LogP contribution in [0.3, 0.4) is 0 Å². The number of aromatic nitrogens is 2. The van der Waals surface area contributed by atoms with Crippen molar-refractivity contribution in [2.45, 2.75) is 35.7 Å². The number of hydrogen-bond donors (Lipinski definition) is 3. The van der Waals surface area contributed by atoms with Crippen LogP contribution >= 0.6 is 23.1 Å². The lowest BCUT2D eigenvalue weighted by atomic mass is 9.97. The number of anilines is 1. The average Bonchev–Trinajstić information content (AvgIpc) is 3.08. The Hall–Kier alpha value is -2.41. The number of thiophene rings is 1. The number of primary sulfonamides is 1. The Morgan fingerprint density at radius 1 is 1.23 bits per heavy atom. The van der Waals surface area contributed by atoms with Crippen molar-refractivity contribution in [2.24, 2.45) is 5.14 Å². The summed E-state index contributed by atoms with van der Waals surface area (Å²) in [5, 5.41) is 8.57. The van der Waals surface area contributed by atoms with Crippen molar-refractivity contribution in [3.8, 4) is 0 Å². The standard InChI is InChI=1S/C18H19N5O4S3/c19-23-17(25)15-12-3-1-2-4-13(12)29-16(15)22-18(23)28-9-14(24)21-10-5-7-11(8-6-10)30(20,26)27/h5-8H,1-4,9,19H2,(H,21,24)(H2,20,26,27). The van der Waals surface area contributed by atoms with Crippen LogP contribution in [0.25, 0.3) is 10.2 Å². The lowest BCUT2D eigenvalue weighted by molar-refractivity contribution is -0.113. The lowest BCUT2D eigenvalue weighted by Gasteiger charge is -2.10. The summed E-state index contributed by atoms with van der Waals surface area (Å²) in [6.45, 7) is 0. The van der Waals surface area contributed by atoms with Crippen molar-refractivity contribution < 1.29 is 13.2 Å². The van der Waals surface area contributed by atoms with E-state index in [1.165, 1.54) is 40.5 Å². The molecule has 0 saturated carbocycles. The molecule has 4 rings (SSSR count). The monoisotopic (exact) mass is 465 g/mol. The second-order valence-electron chi connectivity index (χ2n) is 6.87. The number of nitrogens with two attached hydrogens (primary N) is 2. The third-order valence-electron chi connectivity index (χ3n) is 4.79. The molecule has 2 heterocycles. The Balaban J connectivity index is 1.49. The van der Waals surface area contributed by atoms with Gasteiger partial charge in [-0.05, 0) is 55.5 Å². The number of aryl methyl sites for hydroxylation is 2. The van der Waals surface area contributed by atoms with Gasteiger partial charge in [-0.15, -0.1) is 11.3 Å². The van der Waals surface area contributed by atoms with E-state index in [0.717, 1.165) is 47.7 Å². The molecule has 0 atom stereocenters. The highest BCUT2D eigenvalue weighted by molar-refractivity contribution is 7.99. The number of benzene rings is 1. The predicted molar refractivity (Wildman–Crippen MR) is 118 cm³/mol. The summed E-state index contributed by atoms with van der Waals surface area (Å²) in [4.78, 5) is 31.4. The molecule has 1 aliphatic carbocycles. The molecule has 12 heteroatoms. The third kappa shape index (κ3) is 4.08. The fraction of sp³-hybridized carbons (Fsp3) is 0.278. The Labute approximate surface area is 180 Å². The van der Waals surface area contributed by atoms with Crippen LogP contribution in [-0.2, 0) is 27.7 Å². The predicted octanol–water partition coefficient (Wildman–Crippen LogP) is 1.43. The molecule has 0 fully saturated rings. The second kappa shape index (κ2) is 8.02. The van der Waals surface area contributed by atoms with Gasteiger partial charge in [-0.25, -0.2) is 23.2 Å². The van der Waals surface area contributed by atoms with Crippen LogP contribution in [0.1, 0.15) is 23.3 Å². The van der Waals surface area contributed by atoms with Crippen LogP contribution < -0.4 is 21.9 Å². The first kappa shape index (κ1) is 20.8. The smallest absolute Gasteiger partial charge is 0.281 e. The number of nitrogens with one attached hydrogen (secondary N) is 1. The molecule has 5 N–H and O–H groups in total. The van der Waals surface area contributed by atoms with Gasteiger partial charge in [0.05, 0.1) is 16.0 Å². The zero-order valence-electron chi connectivity index (χ0n) is 15.8. The molecule has 2 aromatic heterocycles. The number of hydrogen-bond acceptors (Lipinski definition) is 8. The first-order valence-corrected chi connectivity index (χ1v) is 12.5. The van der Waals surface area contributed by atoms with Crippen LogP contribution in [-0.4, -0.2) is 29.7 Å². The van der Waals surface area contributed by atoms with Gasteiger partial charge in [0, 0.05) is 10.6 Å². The molecule has 3 aromatic rings. The minimum atomic E-state index is -3.79. The molecular formula is C18H19N5O4S3. The van der Waals surface area contributed by atoms with Gasteiger partial charge in [0.1, 0.15) is 4.83 Å². The molecule has 0 aliphatic heterocycles. The Morgan fingerprint density at radius 3 is 2.63 bits per heavy atom. The first-order valence-electron chi connectivity index (χ1n) is 9.12. The largest absolute Gasteiger partial charge is 0.334 e. The second-order valence-corrected chi connectivity index (χ2v) is 10.5. The molecule has 30 heavy (non-hydrogen) atoms. The van der Waals surface area contributed by atoms with Gasteiger partial charge in [0.15, 0.2) is 5.16 Å². The summed E-state index contributed by atoms with van der Waals surface area (Å²) in [6.07, 6.45) is 3.98. The van der Waals surface area contributed by atoms with Crippen molar-refractivity contribution in [1.82, 2.24) is 9.66 Å². The Morgan fingerprint density at radius 2 is 1.93 bits per heavy atom. The number of rotatable bonds is 5. The van der Waals surface area contributed by atoms with E-state index in [4.69, 9.17) is 11.0 Å². The van der Waals surface area contributed by atoms with E-state index in [2.05, 4.69) is 10.3 Å². The van der Waals surface area contributed by atoms with E-state index >= 15 is 0 Å². The molecule has 1 amide bonds. The summed E-state index contributed by atoms with van der Waals surface area (Å²) in [5.74, 6) is 5.60. The van der Waals surface area contributed by atoms with E-state index in [9.17, 15) is 18.0 Å². The van der Waals surface area contributed by atoms with Gasteiger partial charge in [0.25, 0.3) is 5.56 Å². The fourth-order valence-corrected chi connectivity index (χ4v) is 5.89. The zero-order valence-corrected chi connectivity index (χ0v) is 18.2. The number of nitrogen functional groups attached to an aromatic ring is 1. The van der Waals surface area contributed by atoms with Gasteiger partial charge in [-0.1, -0.05) is 11.8 Å². The summed E-state index contributed by atoms with van der Waals surface area (Å²) >= 11 is 2.59. The van der Waals surface area contributed by atoms with Crippen LogP contribution in [0, 0.1) is 0 Å². The van der Waals surface area contributed by atoms with Crippen LogP contribution in [0.5, 0.6) is 0 Å². The zero-order chi connectivity index (χ0) is 21.5.